The standard InChI is InChI=1S/C16H26N2O3/c1-3-21-13-9-12(10-13)18-11(2)14(19)17-16(15(18)20)7-5-4-6-8-16/h11-13H,3-10H2,1-2H3,(H,17,19). The van der Waals surface area contributed by atoms with Gasteiger partial charge in [0.05, 0.1) is 6.10 Å². The summed E-state index contributed by atoms with van der Waals surface area (Å²) in [5.74, 6) is 0.158. The SMILES string of the molecule is CCOC1CC(N2C(=O)C3(CCCCC3)NC(=O)C2C)C1. The Balaban J connectivity index is 1.75. The lowest BCUT2D eigenvalue weighted by atomic mass is 9.76. The Morgan fingerprint density at radius 3 is 2.52 bits per heavy atom. The molecule has 118 valence electrons. The van der Waals surface area contributed by atoms with Crippen LogP contribution in [0.4, 0.5) is 0 Å². The van der Waals surface area contributed by atoms with E-state index in [1.165, 1.54) is 0 Å². The Labute approximate surface area is 126 Å². The average Bonchev–Trinajstić information content (AvgIpc) is 2.44. The quantitative estimate of drug-likeness (QED) is 0.860. The van der Waals surface area contributed by atoms with Gasteiger partial charge in [0.1, 0.15) is 11.6 Å². The number of hydrogen-bond donors (Lipinski definition) is 1. The van der Waals surface area contributed by atoms with Crippen LogP contribution in [0.5, 0.6) is 0 Å². The van der Waals surface area contributed by atoms with Crippen LogP contribution in [0.15, 0.2) is 0 Å². The number of amides is 2. The Kier molecular flexibility index (Phi) is 3.95. The summed E-state index contributed by atoms with van der Waals surface area (Å²) in [4.78, 5) is 27.2. The first-order valence-corrected chi connectivity index (χ1v) is 8.34. The first-order valence-electron chi connectivity index (χ1n) is 8.34. The summed E-state index contributed by atoms with van der Waals surface area (Å²) >= 11 is 0. The predicted octanol–water partition coefficient (Wildman–Crippen LogP) is 1.60. The van der Waals surface area contributed by atoms with Crippen LogP contribution in [0, 0.1) is 0 Å². The lowest BCUT2D eigenvalue weighted by molar-refractivity contribution is -0.165. The maximum Gasteiger partial charge on any atom is 0.249 e. The molecule has 5 nitrogen and oxygen atoms in total. The van der Waals surface area contributed by atoms with Crippen molar-refractivity contribution < 1.29 is 14.3 Å². The fraction of sp³-hybridized carbons (Fsp3) is 0.875. The van der Waals surface area contributed by atoms with Crippen molar-refractivity contribution in [3.8, 4) is 0 Å². The molecule has 0 radical (unpaired) electrons. The second kappa shape index (κ2) is 5.59. The number of rotatable bonds is 3. The van der Waals surface area contributed by atoms with Crippen molar-refractivity contribution in [1.29, 1.82) is 0 Å². The number of carbonyl (C=O) groups excluding carboxylic acids is 2. The molecule has 0 aromatic heterocycles. The van der Waals surface area contributed by atoms with Gasteiger partial charge in [0, 0.05) is 12.6 Å². The lowest BCUT2D eigenvalue weighted by Gasteiger charge is -2.52. The molecule has 1 atom stereocenters. The van der Waals surface area contributed by atoms with Gasteiger partial charge in [0.15, 0.2) is 0 Å². The van der Waals surface area contributed by atoms with Crippen LogP contribution in [0.1, 0.15) is 58.8 Å². The third-order valence-corrected chi connectivity index (χ3v) is 5.38. The van der Waals surface area contributed by atoms with E-state index in [2.05, 4.69) is 5.32 Å². The van der Waals surface area contributed by atoms with Crippen LogP contribution in [0.2, 0.25) is 0 Å². The van der Waals surface area contributed by atoms with E-state index >= 15 is 0 Å². The van der Waals surface area contributed by atoms with Gasteiger partial charge in [-0.15, -0.1) is 0 Å². The van der Waals surface area contributed by atoms with Gasteiger partial charge in [-0.1, -0.05) is 19.3 Å². The molecule has 2 saturated carbocycles. The van der Waals surface area contributed by atoms with E-state index in [1.54, 1.807) is 0 Å². The zero-order valence-electron chi connectivity index (χ0n) is 13.1. The molecule has 1 N–H and O–H groups in total. The second-order valence-electron chi connectivity index (χ2n) is 6.72. The van der Waals surface area contributed by atoms with E-state index in [0.29, 0.717) is 6.61 Å². The molecule has 1 unspecified atom stereocenters. The predicted molar refractivity (Wildman–Crippen MR) is 78.7 cm³/mol. The smallest absolute Gasteiger partial charge is 0.249 e. The topological polar surface area (TPSA) is 58.6 Å². The summed E-state index contributed by atoms with van der Waals surface area (Å²) in [5.41, 5.74) is -0.613. The highest BCUT2D eigenvalue weighted by Gasteiger charge is 2.53. The van der Waals surface area contributed by atoms with Crippen molar-refractivity contribution in [2.24, 2.45) is 0 Å². The first-order chi connectivity index (χ1) is 10.1. The van der Waals surface area contributed by atoms with Gasteiger partial charge in [0.2, 0.25) is 11.8 Å². The van der Waals surface area contributed by atoms with Gasteiger partial charge in [-0.25, -0.2) is 0 Å². The molecule has 3 rings (SSSR count). The molecule has 1 spiro atoms. The number of nitrogens with one attached hydrogen (secondary N) is 1. The van der Waals surface area contributed by atoms with Crippen molar-refractivity contribution in [1.82, 2.24) is 10.2 Å². The Morgan fingerprint density at radius 1 is 1.24 bits per heavy atom. The monoisotopic (exact) mass is 294 g/mol. The molecule has 0 aromatic rings. The molecular weight excluding hydrogens is 268 g/mol. The Bertz CT molecular complexity index is 425. The summed E-state index contributed by atoms with van der Waals surface area (Å²) in [5, 5.41) is 3.04. The van der Waals surface area contributed by atoms with E-state index in [0.717, 1.165) is 44.9 Å². The maximum absolute atomic E-state index is 13.0. The van der Waals surface area contributed by atoms with Crippen molar-refractivity contribution in [3.63, 3.8) is 0 Å². The van der Waals surface area contributed by atoms with Crippen LogP contribution in [0.25, 0.3) is 0 Å². The van der Waals surface area contributed by atoms with Crippen LogP contribution in [-0.4, -0.2) is 47.0 Å². The Morgan fingerprint density at radius 2 is 1.90 bits per heavy atom. The fourth-order valence-corrected chi connectivity index (χ4v) is 4.06. The van der Waals surface area contributed by atoms with Gasteiger partial charge in [-0.2, -0.15) is 0 Å². The molecule has 0 bridgehead atoms. The summed E-state index contributed by atoms with van der Waals surface area (Å²) in [6, 6.07) is -0.175. The summed E-state index contributed by atoms with van der Waals surface area (Å²) in [6.45, 7) is 4.55. The number of nitrogens with zero attached hydrogens (tertiary/aromatic N) is 1. The van der Waals surface area contributed by atoms with E-state index in [9.17, 15) is 9.59 Å². The summed E-state index contributed by atoms with van der Waals surface area (Å²) in [7, 11) is 0. The molecule has 3 aliphatic rings. The lowest BCUT2D eigenvalue weighted by Crippen LogP contribution is -2.73. The van der Waals surface area contributed by atoms with E-state index in [4.69, 9.17) is 4.74 Å². The van der Waals surface area contributed by atoms with Gasteiger partial charge in [0.25, 0.3) is 0 Å². The molecule has 2 amide bonds. The molecular formula is C16H26N2O3. The van der Waals surface area contributed by atoms with Crippen molar-refractivity contribution in [2.75, 3.05) is 6.61 Å². The molecule has 2 aliphatic carbocycles. The second-order valence-corrected chi connectivity index (χ2v) is 6.72. The van der Waals surface area contributed by atoms with E-state index in [-0.39, 0.29) is 30.0 Å². The number of hydrogen-bond acceptors (Lipinski definition) is 3. The highest BCUT2D eigenvalue weighted by Crippen LogP contribution is 2.38. The van der Waals surface area contributed by atoms with E-state index < -0.39 is 5.54 Å². The maximum atomic E-state index is 13.0. The van der Waals surface area contributed by atoms with Crippen LogP contribution in [-0.2, 0) is 14.3 Å². The molecule has 1 heterocycles. The Hall–Kier alpha value is -1.10. The van der Waals surface area contributed by atoms with Crippen molar-refractivity contribution in [3.05, 3.63) is 0 Å². The zero-order valence-corrected chi connectivity index (χ0v) is 13.1. The van der Waals surface area contributed by atoms with Gasteiger partial charge in [-0.3, -0.25) is 9.59 Å². The highest BCUT2D eigenvalue weighted by molar-refractivity contribution is 6.00. The van der Waals surface area contributed by atoms with Gasteiger partial charge in [-0.05, 0) is 39.5 Å². The zero-order chi connectivity index (χ0) is 15.0. The minimum Gasteiger partial charge on any atom is -0.378 e. The number of carbonyl (C=O) groups is 2. The molecule has 1 aliphatic heterocycles. The first kappa shape index (κ1) is 14.8. The average molecular weight is 294 g/mol. The largest absolute Gasteiger partial charge is 0.378 e. The molecule has 5 heteroatoms. The minimum absolute atomic E-state index is 0.0105. The fourth-order valence-electron chi connectivity index (χ4n) is 4.06. The van der Waals surface area contributed by atoms with Crippen molar-refractivity contribution in [2.45, 2.75) is 82.5 Å². The third kappa shape index (κ3) is 2.45. The molecule has 3 fully saturated rings. The summed E-state index contributed by atoms with van der Waals surface area (Å²) < 4.78 is 5.59. The van der Waals surface area contributed by atoms with Crippen LogP contribution >= 0.6 is 0 Å². The van der Waals surface area contributed by atoms with Crippen LogP contribution < -0.4 is 5.32 Å². The van der Waals surface area contributed by atoms with Crippen molar-refractivity contribution >= 4 is 11.8 Å². The molecule has 1 saturated heterocycles. The number of ether oxygens (including phenoxy) is 1. The number of piperazine rings is 1. The van der Waals surface area contributed by atoms with Gasteiger partial charge < -0.3 is 15.0 Å². The third-order valence-electron chi connectivity index (χ3n) is 5.38. The van der Waals surface area contributed by atoms with E-state index in [1.807, 2.05) is 18.7 Å². The minimum atomic E-state index is -0.613. The van der Waals surface area contributed by atoms with Gasteiger partial charge >= 0.3 is 0 Å². The highest BCUT2D eigenvalue weighted by atomic mass is 16.5. The summed E-state index contributed by atoms with van der Waals surface area (Å²) in [6.07, 6.45) is 6.80. The van der Waals surface area contributed by atoms with Crippen LogP contribution in [0.3, 0.4) is 0 Å². The molecule has 0 aromatic carbocycles. The molecule has 21 heavy (non-hydrogen) atoms. The normalized spacial score (nSPS) is 35.5.